The van der Waals surface area contributed by atoms with Crippen molar-refractivity contribution in [1.29, 1.82) is 5.26 Å². The fourth-order valence-electron chi connectivity index (χ4n) is 0.793. The summed E-state index contributed by atoms with van der Waals surface area (Å²) in [5.74, 6) is -1.11. The largest absolute Gasteiger partial charge is 0.505 e. The summed E-state index contributed by atoms with van der Waals surface area (Å²) in [6.07, 6.45) is 2.45. The highest BCUT2D eigenvalue weighted by Crippen LogP contribution is 2.19. The molecule has 1 aromatic carbocycles. The van der Waals surface area contributed by atoms with Gasteiger partial charge in [-0.25, -0.2) is 4.39 Å². The molecule has 0 aromatic heterocycles. The number of allylic oxidation sites excluding steroid dienone is 1. The van der Waals surface area contributed by atoms with Gasteiger partial charge in [0, 0.05) is 11.6 Å². The molecule has 1 rings (SSSR count). The van der Waals surface area contributed by atoms with Crippen molar-refractivity contribution >= 4 is 6.08 Å². The summed E-state index contributed by atoms with van der Waals surface area (Å²) in [4.78, 5) is 0. The number of aromatic hydroxyl groups is 1. The lowest BCUT2D eigenvalue weighted by atomic mass is 10.2. The van der Waals surface area contributed by atoms with Crippen molar-refractivity contribution in [3.05, 3.63) is 35.7 Å². The molecule has 0 saturated carbocycles. The van der Waals surface area contributed by atoms with Gasteiger partial charge >= 0.3 is 0 Å². The number of phenolic OH excluding ortho intramolecular Hbond substituents is 1. The molecule has 0 unspecified atom stereocenters. The van der Waals surface area contributed by atoms with Crippen LogP contribution in [-0.2, 0) is 0 Å². The van der Waals surface area contributed by atoms with Crippen molar-refractivity contribution in [3.63, 3.8) is 0 Å². The van der Waals surface area contributed by atoms with E-state index in [1.165, 1.54) is 24.3 Å². The first-order chi connectivity index (χ1) is 5.75. The number of phenols is 1. The Balaban J connectivity index is 3.10. The summed E-state index contributed by atoms with van der Waals surface area (Å²) in [5, 5.41) is 17.1. The number of hydrogen-bond acceptors (Lipinski definition) is 2. The lowest BCUT2D eigenvalue weighted by Gasteiger charge is -1.97. The van der Waals surface area contributed by atoms with Crippen LogP contribution in [-0.4, -0.2) is 5.11 Å². The zero-order valence-electron chi connectivity index (χ0n) is 6.16. The number of hydrogen-bond donors (Lipinski definition) is 1. The topological polar surface area (TPSA) is 44.0 Å². The van der Waals surface area contributed by atoms with Crippen LogP contribution in [0.5, 0.6) is 5.75 Å². The van der Waals surface area contributed by atoms with E-state index in [-0.39, 0.29) is 5.56 Å². The predicted octanol–water partition coefficient (Wildman–Crippen LogP) is 2.07. The number of rotatable bonds is 1. The Labute approximate surface area is 69.2 Å². The number of nitrogens with zero attached hydrogens (tertiary/aromatic N) is 1. The van der Waals surface area contributed by atoms with E-state index in [0.29, 0.717) is 0 Å². The standard InChI is InChI=1S/C9H6FNO/c10-9-7(4-2-6-11)3-1-5-8(9)12/h1-5,12H. The van der Waals surface area contributed by atoms with E-state index >= 15 is 0 Å². The third-order valence-electron chi connectivity index (χ3n) is 1.35. The Hall–Kier alpha value is -1.82. The van der Waals surface area contributed by atoms with E-state index in [2.05, 4.69) is 0 Å². The molecule has 3 heteroatoms. The van der Waals surface area contributed by atoms with Gasteiger partial charge in [0.2, 0.25) is 0 Å². The number of benzene rings is 1. The molecule has 0 radical (unpaired) electrons. The number of nitriles is 1. The molecule has 0 aliphatic heterocycles. The monoisotopic (exact) mass is 163 g/mol. The summed E-state index contributed by atoms with van der Waals surface area (Å²) in [6.45, 7) is 0. The van der Waals surface area contributed by atoms with Gasteiger partial charge in [0.05, 0.1) is 6.07 Å². The first-order valence-electron chi connectivity index (χ1n) is 3.29. The molecule has 0 saturated heterocycles. The van der Waals surface area contributed by atoms with Gasteiger partial charge in [-0.3, -0.25) is 0 Å². The van der Waals surface area contributed by atoms with Crippen LogP contribution < -0.4 is 0 Å². The first-order valence-corrected chi connectivity index (χ1v) is 3.29. The number of halogens is 1. The molecule has 0 aliphatic carbocycles. The zero-order chi connectivity index (χ0) is 8.97. The summed E-state index contributed by atoms with van der Waals surface area (Å²) in [7, 11) is 0. The Morgan fingerprint density at radius 2 is 2.25 bits per heavy atom. The maximum absolute atomic E-state index is 12.9. The quantitative estimate of drug-likeness (QED) is 0.644. The fourth-order valence-corrected chi connectivity index (χ4v) is 0.793. The third-order valence-corrected chi connectivity index (χ3v) is 1.35. The van der Waals surface area contributed by atoms with Gasteiger partial charge in [-0.1, -0.05) is 12.1 Å². The van der Waals surface area contributed by atoms with E-state index in [4.69, 9.17) is 10.4 Å². The fraction of sp³-hybridized carbons (Fsp3) is 0. The molecule has 0 aliphatic rings. The molecular weight excluding hydrogens is 157 g/mol. The predicted molar refractivity (Wildman–Crippen MR) is 42.7 cm³/mol. The third kappa shape index (κ3) is 1.61. The summed E-state index contributed by atoms with van der Waals surface area (Å²) >= 11 is 0. The maximum Gasteiger partial charge on any atom is 0.172 e. The highest BCUT2D eigenvalue weighted by Gasteiger charge is 2.02. The summed E-state index contributed by atoms with van der Waals surface area (Å²) in [6, 6.07) is 5.97. The molecular formula is C9H6FNO. The second-order valence-corrected chi connectivity index (χ2v) is 2.14. The van der Waals surface area contributed by atoms with E-state index in [1.807, 2.05) is 0 Å². The minimum absolute atomic E-state index is 0.205. The van der Waals surface area contributed by atoms with Crippen LogP contribution in [0.15, 0.2) is 24.3 Å². The van der Waals surface area contributed by atoms with Crippen molar-refractivity contribution in [2.75, 3.05) is 0 Å². The normalized spacial score (nSPS) is 10.0. The van der Waals surface area contributed by atoms with Gasteiger partial charge in [-0.2, -0.15) is 5.26 Å². The van der Waals surface area contributed by atoms with Crippen molar-refractivity contribution in [2.24, 2.45) is 0 Å². The highest BCUT2D eigenvalue weighted by molar-refractivity contribution is 5.54. The molecule has 0 fully saturated rings. The minimum Gasteiger partial charge on any atom is -0.505 e. The SMILES string of the molecule is N#CC=Cc1cccc(O)c1F. The molecule has 1 aromatic rings. The summed E-state index contributed by atoms with van der Waals surface area (Å²) in [5.41, 5.74) is 0.205. The smallest absolute Gasteiger partial charge is 0.172 e. The van der Waals surface area contributed by atoms with Gasteiger partial charge in [-0.05, 0) is 12.1 Å². The molecule has 0 amide bonds. The van der Waals surface area contributed by atoms with Crippen LogP contribution in [0, 0.1) is 17.1 Å². The second kappa shape index (κ2) is 3.54. The molecule has 0 bridgehead atoms. The summed E-state index contributed by atoms with van der Waals surface area (Å²) < 4.78 is 12.9. The maximum atomic E-state index is 12.9. The van der Waals surface area contributed by atoms with Gasteiger partial charge in [0.1, 0.15) is 0 Å². The molecule has 0 spiro atoms. The van der Waals surface area contributed by atoms with Crippen molar-refractivity contribution in [3.8, 4) is 11.8 Å². The first kappa shape index (κ1) is 8.28. The Morgan fingerprint density at radius 1 is 1.50 bits per heavy atom. The average molecular weight is 163 g/mol. The lowest BCUT2D eigenvalue weighted by Crippen LogP contribution is -1.81. The van der Waals surface area contributed by atoms with Gasteiger partial charge in [-0.15, -0.1) is 0 Å². The van der Waals surface area contributed by atoms with Crippen LogP contribution in [0.2, 0.25) is 0 Å². The Kier molecular flexibility index (Phi) is 2.44. The Bertz CT molecular complexity index is 352. The molecule has 2 nitrogen and oxygen atoms in total. The van der Waals surface area contributed by atoms with Gasteiger partial charge in [0.15, 0.2) is 11.6 Å². The minimum atomic E-state index is -0.705. The van der Waals surface area contributed by atoms with E-state index in [0.717, 1.165) is 6.08 Å². The van der Waals surface area contributed by atoms with Crippen molar-refractivity contribution in [2.45, 2.75) is 0 Å². The molecule has 0 atom stereocenters. The van der Waals surface area contributed by atoms with Crippen LogP contribution in [0.3, 0.4) is 0 Å². The molecule has 1 N–H and O–H groups in total. The van der Waals surface area contributed by atoms with Crippen LogP contribution >= 0.6 is 0 Å². The zero-order valence-corrected chi connectivity index (χ0v) is 6.16. The van der Waals surface area contributed by atoms with E-state index < -0.39 is 11.6 Å². The molecule has 60 valence electrons. The van der Waals surface area contributed by atoms with Crippen molar-refractivity contribution in [1.82, 2.24) is 0 Å². The highest BCUT2D eigenvalue weighted by atomic mass is 19.1. The average Bonchev–Trinajstić information content (AvgIpc) is 2.08. The molecule has 0 heterocycles. The van der Waals surface area contributed by atoms with E-state index in [1.54, 1.807) is 6.07 Å². The van der Waals surface area contributed by atoms with Gasteiger partial charge in [0.25, 0.3) is 0 Å². The van der Waals surface area contributed by atoms with Crippen LogP contribution in [0.4, 0.5) is 4.39 Å². The molecule has 12 heavy (non-hydrogen) atoms. The second-order valence-electron chi connectivity index (χ2n) is 2.14. The van der Waals surface area contributed by atoms with Crippen molar-refractivity contribution < 1.29 is 9.50 Å². The van der Waals surface area contributed by atoms with Gasteiger partial charge < -0.3 is 5.11 Å². The lowest BCUT2D eigenvalue weighted by molar-refractivity contribution is 0.432. The van der Waals surface area contributed by atoms with Crippen LogP contribution in [0.25, 0.3) is 6.08 Å². The Morgan fingerprint density at radius 3 is 2.92 bits per heavy atom. The van der Waals surface area contributed by atoms with E-state index in [9.17, 15) is 4.39 Å². The van der Waals surface area contributed by atoms with Crippen LogP contribution in [0.1, 0.15) is 5.56 Å².